The van der Waals surface area contributed by atoms with Crippen LogP contribution in [0.15, 0.2) is 146 Å². The van der Waals surface area contributed by atoms with Gasteiger partial charge in [-0.15, -0.1) is 0 Å². The smallest absolute Gasteiger partial charge is 0.343 e. The normalized spacial score (nSPS) is 12.3. The molecule has 0 N–H and O–H groups in total. The van der Waals surface area contributed by atoms with Gasteiger partial charge in [0.2, 0.25) is 0 Å². The zero-order valence-electron chi connectivity index (χ0n) is 31.1. The van der Waals surface area contributed by atoms with Crippen molar-refractivity contribution in [3.8, 4) is 28.7 Å². The van der Waals surface area contributed by atoms with Crippen LogP contribution in [-0.4, -0.2) is 37.7 Å². The number of carbonyl (C=O) groups is 2. The van der Waals surface area contributed by atoms with Crippen LogP contribution < -0.4 is 23.7 Å². The van der Waals surface area contributed by atoms with E-state index >= 15 is 0 Å². The van der Waals surface area contributed by atoms with Crippen LogP contribution in [0.4, 0.5) is 0 Å². The molecule has 6 aromatic carbocycles. The Hall–Kier alpha value is -6.42. The molecule has 1 aliphatic rings. The topological polar surface area (TPSA) is 98.8 Å². The molecule has 0 aromatic heterocycles. The largest absolute Gasteiger partial charge is 0.489 e. The molecule has 0 bridgehead atoms. The van der Waals surface area contributed by atoms with Gasteiger partial charge in [0.15, 0.2) is 17.3 Å². The maximum absolute atomic E-state index is 14.2. The summed E-state index contributed by atoms with van der Waals surface area (Å²) in [5.41, 5.74) is 4.63. The van der Waals surface area contributed by atoms with Crippen LogP contribution >= 0.6 is 0 Å². The minimum Gasteiger partial charge on any atom is -0.489 e. The summed E-state index contributed by atoms with van der Waals surface area (Å²) in [7, 11) is 0. The molecule has 0 saturated carbocycles. The van der Waals surface area contributed by atoms with Crippen molar-refractivity contribution in [3.63, 3.8) is 0 Å². The molecule has 1 heterocycles. The maximum Gasteiger partial charge on any atom is 0.343 e. The highest BCUT2D eigenvalue weighted by Gasteiger charge is 2.27. The van der Waals surface area contributed by atoms with E-state index in [0.29, 0.717) is 42.6 Å². The molecule has 0 radical (unpaired) electrons. The van der Waals surface area contributed by atoms with E-state index in [1.54, 1.807) is 18.2 Å². The molecule has 9 nitrogen and oxygen atoms in total. The lowest BCUT2D eigenvalue weighted by Gasteiger charge is -2.28. The quantitative estimate of drug-likeness (QED) is 0.0484. The van der Waals surface area contributed by atoms with Crippen molar-refractivity contribution in [2.75, 3.05) is 19.8 Å². The first-order valence-corrected chi connectivity index (χ1v) is 18.4. The number of ether oxygens (including phenoxy) is 7. The third-order valence-corrected chi connectivity index (χ3v) is 8.95. The second-order valence-electron chi connectivity index (χ2n) is 13.3. The van der Waals surface area contributed by atoms with Crippen LogP contribution in [0.3, 0.4) is 0 Å². The van der Waals surface area contributed by atoms with Crippen LogP contribution in [0.25, 0.3) is 0 Å². The number of benzene rings is 6. The van der Waals surface area contributed by atoms with Gasteiger partial charge in [0.05, 0.1) is 25.4 Å². The summed E-state index contributed by atoms with van der Waals surface area (Å²) in [6, 6.07) is 45.0. The number of hydrogen-bond acceptors (Lipinski definition) is 9. The Kier molecular flexibility index (Phi) is 12.7. The van der Waals surface area contributed by atoms with Crippen LogP contribution in [-0.2, 0) is 35.9 Å². The highest BCUT2D eigenvalue weighted by atomic mass is 16.6. The van der Waals surface area contributed by atoms with Crippen molar-refractivity contribution >= 4 is 11.8 Å². The Morgan fingerprint density at radius 1 is 0.589 bits per heavy atom. The minimum absolute atomic E-state index is 0.0335. The third kappa shape index (κ3) is 10.2. The predicted octanol–water partition coefficient (Wildman–Crippen LogP) is 9.13. The Morgan fingerprint density at radius 3 is 1.66 bits per heavy atom. The van der Waals surface area contributed by atoms with E-state index in [2.05, 4.69) is 0 Å². The zero-order valence-corrected chi connectivity index (χ0v) is 31.1. The summed E-state index contributed by atoms with van der Waals surface area (Å²) in [6.45, 7) is 3.30. The summed E-state index contributed by atoms with van der Waals surface area (Å²) in [5, 5.41) is 0. The van der Waals surface area contributed by atoms with Crippen LogP contribution in [0, 0.1) is 6.92 Å². The Balaban J connectivity index is 1.21. The second-order valence-corrected chi connectivity index (χ2v) is 13.3. The van der Waals surface area contributed by atoms with Crippen molar-refractivity contribution < 1.29 is 42.7 Å². The van der Waals surface area contributed by atoms with E-state index < -0.39 is 11.8 Å². The number of Topliss-reactive ketones (excluding diaryl/α,β-unsaturated/α-hetero) is 1. The molecular formula is C47H42O9. The highest BCUT2D eigenvalue weighted by Crippen LogP contribution is 2.38. The number of ketones is 1. The molecular weight excluding hydrogens is 709 g/mol. The van der Waals surface area contributed by atoms with Gasteiger partial charge in [-0.2, -0.15) is 0 Å². The fourth-order valence-corrected chi connectivity index (χ4v) is 5.98. The Morgan fingerprint density at radius 2 is 1.11 bits per heavy atom. The van der Waals surface area contributed by atoms with Crippen molar-refractivity contribution in [2.24, 2.45) is 0 Å². The summed E-state index contributed by atoms with van der Waals surface area (Å²) in [4.78, 5) is 28.3. The van der Waals surface area contributed by atoms with Crippen LogP contribution in [0.5, 0.6) is 28.7 Å². The minimum atomic E-state index is -0.717. The van der Waals surface area contributed by atoms with Crippen molar-refractivity contribution in [3.05, 3.63) is 185 Å². The average molecular weight is 751 g/mol. The second kappa shape index (κ2) is 18.8. The number of carbonyl (C=O) groups excluding carboxylic acids is 2. The van der Waals surface area contributed by atoms with E-state index in [9.17, 15) is 9.59 Å². The molecule has 56 heavy (non-hydrogen) atoms. The average Bonchev–Trinajstić information content (AvgIpc) is 3.21. The Labute approximate surface area is 326 Å². The highest BCUT2D eigenvalue weighted by molar-refractivity contribution is 6.04. The van der Waals surface area contributed by atoms with Gasteiger partial charge in [-0.3, -0.25) is 4.79 Å². The van der Waals surface area contributed by atoms with Gasteiger partial charge in [-0.25, -0.2) is 4.79 Å². The van der Waals surface area contributed by atoms with Gasteiger partial charge < -0.3 is 33.2 Å². The summed E-state index contributed by atoms with van der Waals surface area (Å²) in [6.07, 6.45) is -0.192. The third-order valence-electron chi connectivity index (χ3n) is 8.95. The summed E-state index contributed by atoms with van der Waals surface area (Å²) in [5.74, 6) is 0.243. The van der Waals surface area contributed by atoms with Gasteiger partial charge >= 0.3 is 5.97 Å². The first-order valence-electron chi connectivity index (χ1n) is 18.4. The number of aryl methyl sites for hydroxylation is 1. The molecule has 284 valence electrons. The lowest BCUT2D eigenvalue weighted by Crippen LogP contribution is -2.38. The molecule has 7 rings (SSSR count). The summed E-state index contributed by atoms with van der Waals surface area (Å²) >= 11 is 0. The lowest BCUT2D eigenvalue weighted by atomic mass is 10.1. The van der Waals surface area contributed by atoms with Crippen molar-refractivity contribution in [2.45, 2.75) is 39.5 Å². The van der Waals surface area contributed by atoms with E-state index in [-0.39, 0.29) is 55.2 Å². The summed E-state index contributed by atoms with van der Waals surface area (Å²) < 4.78 is 42.4. The van der Waals surface area contributed by atoms with Gasteiger partial charge in [0.25, 0.3) is 0 Å². The van der Waals surface area contributed by atoms with E-state index in [1.807, 2.05) is 128 Å². The fraction of sp³-hybridized carbons (Fsp3) is 0.191. The number of esters is 1. The molecule has 0 unspecified atom stereocenters. The fourth-order valence-electron chi connectivity index (χ4n) is 5.98. The Bertz CT molecular complexity index is 2200. The molecule has 0 aliphatic carbocycles. The molecule has 9 heteroatoms. The van der Waals surface area contributed by atoms with E-state index in [4.69, 9.17) is 33.2 Å². The van der Waals surface area contributed by atoms with Crippen LogP contribution in [0.1, 0.15) is 48.5 Å². The molecule has 1 fully saturated rings. The zero-order chi connectivity index (χ0) is 38.5. The van der Waals surface area contributed by atoms with Crippen molar-refractivity contribution in [1.82, 2.24) is 0 Å². The molecule has 1 aliphatic heterocycles. The first-order chi connectivity index (χ1) is 27.5. The molecule has 0 spiro atoms. The molecule has 6 aromatic rings. The van der Waals surface area contributed by atoms with Gasteiger partial charge in [-0.05, 0) is 46.9 Å². The standard InChI is InChI=1S/C47H42O9/c1-33-22-38(23-44(55-40-30-51-31-40)46(33)54-29-37-20-12-5-13-21-37)47(49)56-43-25-39(52-27-35-16-8-3-9-17-35)24-42(53-28-36-18-10-4-11-19-36)45(43)41(48)32-50-26-34-14-6-2-7-15-34/h2-25,40H,26-32H2,1H3. The van der Waals surface area contributed by atoms with E-state index in [0.717, 1.165) is 22.3 Å². The van der Waals surface area contributed by atoms with Gasteiger partial charge in [0, 0.05) is 12.1 Å². The maximum atomic E-state index is 14.2. The van der Waals surface area contributed by atoms with Crippen molar-refractivity contribution in [1.29, 1.82) is 0 Å². The monoisotopic (exact) mass is 750 g/mol. The molecule has 0 amide bonds. The SMILES string of the molecule is Cc1cc(C(=O)Oc2cc(OCc3ccccc3)cc(OCc3ccccc3)c2C(=O)COCc2ccccc2)cc(OC2COC2)c1OCc1ccccc1. The van der Waals surface area contributed by atoms with Gasteiger partial charge in [0.1, 0.15) is 55.3 Å². The molecule has 1 saturated heterocycles. The molecule has 0 atom stereocenters. The predicted molar refractivity (Wildman–Crippen MR) is 211 cm³/mol. The van der Waals surface area contributed by atoms with E-state index in [1.165, 1.54) is 6.07 Å². The first kappa shape index (κ1) is 37.9. The van der Waals surface area contributed by atoms with Gasteiger partial charge in [-0.1, -0.05) is 121 Å². The van der Waals surface area contributed by atoms with Crippen LogP contribution in [0.2, 0.25) is 0 Å². The number of rotatable bonds is 18. The number of hydrogen-bond donors (Lipinski definition) is 0. The lowest BCUT2D eigenvalue weighted by molar-refractivity contribution is -0.0805.